The lowest BCUT2D eigenvalue weighted by Gasteiger charge is -2.35. The maximum Gasteiger partial charge on any atom is 0.226 e. The van der Waals surface area contributed by atoms with Crippen molar-refractivity contribution in [2.75, 3.05) is 30.9 Å². The van der Waals surface area contributed by atoms with Crippen LogP contribution >= 0.6 is 0 Å². The van der Waals surface area contributed by atoms with Gasteiger partial charge in [-0.1, -0.05) is 0 Å². The lowest BCUT2D eigenvalue weighted by molar-refractivity contribution is 0.216. The molecule has 7 heteroatoms. The van der Waals surface area contributed by atoms with Crippen molar-refractivity contribution in [3.8, 4) is 0 Å². The largest absolute Gasteiger partial charge is 0.394 e. The van der Waals surface area contributed by atoms with Gasteiger partial charge in [-0.25, -0.2) is 0 Å². The summed E-state index contributed by atoms with van der Waals surface area (Å²) in [6, 6.07) is 0. The summed E-state index contributed by atoms with van der Waals surface area (Å²) < 4.78 is 0. The van der Waals surface area contributed by atoms with Gasteiger partial charge in [0.2, 0.25) is 5.95 Å². The molecule has 2 heterocycles. The molecule has 2 aromatic heterocycles. The predicted molar refractivity (Wildman–Crippen MR) is 70.8 cm³/mol. The van der Waals surface area contributed by atoms with E-state index < -0.39 is 5.54 Å². The first-order valence-electron chi connectivity index (χ1n) is 5.73. The van der Waals surface area contributed by atoms with Gasteiger partial charge in [-0.05, 0) is 13.8 Å². The number of rotatable bonds is 4. The van der Waals surface area contributed by atoms with Crippen LogP contribution in [0.4, 0.5) is 11.8 Å². The van der Waals surface area contributed by atoms with E-state index >= 15 is 0 Å². The third-order valence-electron chi connectivity index (χ3n) is 3.13. The Morgan fingerprint density at radius 1 is 1.44 bits per heavy atom. The SMILES string of the molecule is CNc1nc(N(C)C(C)(C)CO)c2cn[nH]c2n1. The Balaban J connectivity index is 2.58. The molecule has 0 aliphatic carbocycles. The summed E-state index contributed by atoms with van der Waals surface area (Å²) in [4.78, 5) is 10.6. The molecule has 18 heavy (non-hydrogen) atoms. The zero-order valence-electron chi connectivity index (χ0n) is 11.0. The van der Waals surface area contributed by atoms with Crippen molar-refractivity contribution >= 4 is 22.8 Å². The van der Waals surface area contributed by atoms with Gasteiger partial charge >= 0.3 is 0 Å². The second-order valence-corrected chi connectivity index (χ2v) is 4.78. The maximum absolute atomic E-state index is 9.45. The van der Waals surface area contributed by atoms with Crippen molar-refractivity contribution in [2.24, 2.45) is 0 Å². The molecule has 2 aromatic rings. The molecule has 0 fully saturated rings. The van der Waals surface area contributed by atoms with Gasteiger partial charge in [0, 0.05) is 14.1 Å². The van der Waals surface area contributed by atoms with E-state index in [-0.39, 0.29) is 6.61 Å². The van der Waals surface area contributed by atoms with Crippen molar-refractivity contribution in [1.82, 2.24) is 20.2 Å². The number of hydrogen-bond donors (Lipinski definition) is 3. The number of fused-ring (bicyclic) bond motifs is 1. The Morgan fingerprint density at radius 3 is 2.78 bits per heavy atom. The van der Waals surface area contributed by atoms with E-state index in [1.807, 2.05) is 25.8 Å². The summed E-state index contributed by atoms with van der Waals surface area (Å²) in [6.45, 7) is 3.92. The molecule has 7 nitrogen and oxygen atoms in total. The minimum absolute atomic E-state index is 0.0295. The number of aliphatic hydroxyl groups excluding tert-OH is 1. The number of aromatic amines is 1. The maximum atomic E-state index is 9.45. The third kappa shape index (κ3) is 1.97. The molecule has 0 aromatic carbocycles. The highest BCUT2D eigenvalue weighted by atomic mass is 16.3. The smallest absolute Gasteiger partial charge is 0.226 e. The molecule has 0 atom stereocenters. The molecule has 0 aliphatic rings. The van der Waals surface area contributed by atoms with E-state index in [0.29, 0.717) is 11.6 Å². The number of hydrogen-bond acceptors (Lipinski definition) is 6. The summed E-state index contributed by atoms with van der Waals surface area (Å²) in [5, 5.41) is 20.0. The minimum Gasteiger partial charge on any atom is -0.394 e. The lowest BCUT2D eigenvalue weighted by atomic mass is 10.1. The molecule has 0 saturated carbocycles. The van der Waals surface area contributed by atoms with Gasteiger partial charge in [-0.3, -0.25) is 5.10 Å². The molecule has 98 valence electrons. The highest BCUT2D eigenvalue weighted by Gasteiger charge is 2.26. The molecule has 0 radical (unpaired) electrons. The highest BCUT2D eigenvalue weighted by molar-refractivity contribution is 5.87. The topological polar surface area (TPSA) is 90.0 Å². The van der Waals surface area contributed by atoms with Gasteiger partial charge < -0.3 is 15.3 Å². The molecular formula is C11H18N6O. The van der Waals surface area contributed by atoms with Crippen molar-refractivity contribution < 1.29 is 5.11 Å². The number of aliphatic hydroxyl groups is 1. The normalized spacial score (nSPS) is 11.8. The van der Waals surface area contributed by atoms with Crippen LogP contribution in [-0.4, -0.2) is 51.5 Å². The molecule has 2 rings (SSSR count). The standard InChI is InChI=1S/C11H18N6O/c1-11(2,6-18)17(4)9-7-5-13-16-8(7)14-10(12-3)15-9/h5,18H,6H2,1-4H3,(H2,12,13,14,15,16). The first kappa shape index (κ1) is 12.6. The number of nitrogens with one attached hydrogen (secondary N) is 2. The quantitative estimate of drug-likeness (QED) is 0.736. The monoisotopic (exact) mass is 250 g/mol. The Bertz CT molecular complexity index is 549. The molecule has 3 N–H and O–H groups in total. The third-order valence-corrected chi connectivity index (χ3v) is 3.13. The first-order chi connectivity index (χ1) is 8.49. The van der Waals surface area contributed by atoms with Crippen LogP contribution in [0.25, 0.3) is 11.0 Å². The van der Waals surface area contributed by atoms with Gasteiger partial charge in [0.05, 0.1) is 23.7 Å². The van der Waals surface area contributed by atoms with E-state index in [4.69, 9.17) is 0 Å². The van der Waals surface area contributed by atoms with E-state index in [1.165, 1.54) is 0 Å². The number of aromatic nitrogens is 4. The summed E-state index contributed by atoms with van der Waals surface area (Å²) >= 11 is 0. The fraction of sp³-hybridized carbons (Fsp3) is 0.545. The predicted octanol–water partition coefficient (Wildman–Crippen LogP) is 0.602. The van der Waals surface area contributed by atoms with Gasteiger partial charge in [-0.2, -0.15) is 15.1 Å². The number of H-pyrrole nitrogens is 1. The molecule has 0 aliphatic heterocycles. The first-order valence-corrected chi connectivity index (χ1v) is 5.73. The van der Waals surface area contributed by atoms with Gasteiger partial charge in [0.15, 0.2) is 5.65 Å². The van der Waals surface area contributed by atoms with Crippen LogP contribution in [0.2, 0.25) is 0 Å². The highest BCUT2D eigenvalue weighted by Crippen LogP contribution is 2.27. The molecule has 0 bridgehead atoms. The molecular weight excluding hydrogens is 232 g/mol. The fourth-order valence-corrected chi connectivity index (χ4v) is 1.58. The van der Waals surface area contributed by atoms with Crippen LogP contribution in [0, 0.1) is 0 Å². The van der Waals surface area contributed by atoms with E-state index in [2.05, 4.69) is 25.5 Å². The van der Waals surface area contributed by atoms with E-state index in [0.717, 1.165) is 11.2 Å². The second kappa shape index (κ2) is 4.41. The number of nitrogens with zero attached hydrogens (tertiary/aromatic N) is 4. The van der Waals surface area contributed by atoms with Crippen molar-refractivity contribution in [3.05, 3.63) is 6.20 Å². The Hall–Kier alpha value is -1.89. The van der Waals surface area contributed by atoms with Crippen LogP contribution in [0.1, 0.15) is 13.8 Å². The van der Waals surface area contributed by atoms with Gasteiger partial charge in [0.1, 0.15) is 5.82 Å². The van der Waals surface area contributed by atoms with Gasteiger partial charge in [-0.15, -0.1) is 0 Å². The molecule has 0 saturated heterocycles. The fourth-order valence-electron chi connectivity index (χ4n) is 1.58. The van der Waals surface area contributed by atoms with Crippen LogP contribution in [0.3, 0.4) is 0 Å². The average Bonchev–Trinajstić information content (AvgIpc) is 2.84. The Morgan fingerprint density at radius 2 is 2.17 bits per heavy atom. The van der Waals surface area contributed by atoms with Crippen molar-refractivity contribution in [3.63, 3.8) is 0 Å². The van der Waals surface area contributed by atoms with E-state index in [9.17, 15) is 5.11 Å². The number of anilines is 2. The van der Waals surface area contributed by atoms with Gasteiger partial charge in [0.25, 0.3) is 0 Å². The second-order valence-electron chi connectivity index (χ2n) is 4.78. The Labute approximate surface area is 105 Å². The molecule has 0 unspecified atom stereocenters. The summed E-state index contributed by atoms with van der Waals surface area (Å²) in [5.41, 5.74) is 0.258. The molecule has 0 amide bonds. The van der Waals surface area contributed by atoms with Crippen molar-refractivity contribution in [1.29, 1.82) is 0 Å². The summed E-state index contributed by atoms with van der Waals surface area (Å²) in [5.74, 6) is 1.25. The summed E-state index contributed by atoms with van der Waals surface area (Å²) in [6.07, 6.45) is 1.69. The molecule has 0 spiro atoms. The van der Waals surface area contributed by atoms with Crippen LogP contribution in [-0.2, 0) is 0 Å². The van der Waals surface area contributed by atoms with Crippen LogP contribution in [0.5, 0.6) is 0 Å². The minimum atomic E-state index is -0.413. The number of likely N-dealkylation sites (N-methyl/N-ethyl adjacent to an activating group) is 1. The van der Waals surface area contributed by atoms with E-state index in [1.54, 1.807) is 13.2 Å². The average molecular weight is 250 g/mol. The lowest BCUT2D eigenvalue weighted by Crippen LogP contribution is -2.45. The van der Waals surface area contributed by atoms with Crippen LogP contribution in [0.15, 0.2) is 6.20 Å². The Kier molecular flexibility index (Phi) is 3.08. The summed E-state index contributed by atoms with van der Waals surface area (Å²) in [7, 11) is 3.66. The zero-order chi connectivity index (χ0) is 13.3. The van der Waals surface area contributed by atoms with Crippen molar-refractivity contribution in [2.45, 2.75) is 19.4 Å². The zero-order valence-corrected chi connectivity index (χ0v) is 11.0. The van der Waals surface area contributed by atoms with Crippen LogP contribution < -0.4 is 10.2 Å².